The number of carbonyl (C=O) groups excluding carboxylic acids is 1. The van der Waals surface area contributed by atoms with Gasteiger partial charge in [-0.25, -0.2) is 0 Å². The molecule has 3 aromatic rings. The number of fused-ring (bicyclic) bond motifs is 1. The van der Waals surface area contributed by atoms with Crippen LogP contribution in [0.2, 0.25) is 0 Å². The van der Waals surface area contributed by atoms with Crippen LogP contribution in [-0.2, 0) is 6.18 Å². The van der Waals surface area contributed by atoms with Crippen molar-refractivity contribution in [1.29, 1.82) is 0 Å². The van der Waals surface area contributed by atoms with E-state index in [0.717, 1.165) is 12.1 Å². The van der Waals surface area contributed by atoms with Crippen LogP contribution in [-0.4, -0.2) is 23.9 Å². The highest BCUT2D eigenvalue weighted by molar-refractivity contribution is 6.05. The quantitative estimate of drug-likeness (QED) is 0.289. The maximum Gasteiger partial charge on any atom is 0.417 e. The summed E-state index contributed by atoms with van der Waals surface area (Å²) in [5.41, 5.74) is 10.5. The maximum absolute atomic E-state index is 13.4. The Morgan fingerprint density at radius 2 is 1.83 bits per heavy atom. The molecule has 2 aromatic carbocycles. The third-order valence-electron chi connectivity index (χ3n) is 3.88. The Labute approximate surface area is 169 Å². The van der Waals surface area contributed by atoms with Gasteiger partial charge in [-0.3, -0.25) is 4.79 Å². The second-order valence-corrected chi connectivity index (χ2v) is 5.80. The molecular weight excluding hydrogens is 411 g/mol. The van der Waals surface area contributed by atoms with E-state index in [0.29, 0.717) is 11.4 Å². The van der Waals surface area contributed by atoms with Crippen LogP contribution in [0, 0.1) is 0 Å². The minimum atomic E-state index is -4.62. The largest absolute Gasteiger partial charge is 0.455 e. The lowest BCUT2D eigenvalue weighted by Gasteiger charge is -2.11. The molecule has 6 N–H and O–H groups in total. The van der Waals surface area contributed by atoms with Crippen LogP contribution >= 0.6 is 12.4 Å². The summed E-state index contributed by atoms with van der Waals surface area (Å²) in [6.45, 7) is 0. The van der Waals surface area contributed by atoms with Gasteiger partial charge < -0.3 is 26.5 Å². The van der Waals surface area contributed by atoms with E-state index in [1.165, 1.54) is 13.1 Å². The number of aromatic amines is 1. The van der Waals surface area contributed by atoms with Crippen molar-refractivity contribution in [3.63, 3.8) is 0 Å². The van der Waals surface area contributed by atoms with Crippen molar-refractivity contribution in [2.45, 2.75) is 6.18 Å². The van der Waals surface area contributed by atoms with Crippen molar-refractivity contribution in [1.82, 2.24) is 10.3 Å². The Bertz CT molecular complexity index is 1060. The Kier molecular flexibility index (Phi) is 6.28. The van der Waals surface area contributed by atoms with Crippen LogP contribution < -0.4 is 21.5 Å². The van der Waals surface area contributed by atoms with Crippen LogP contribution in [0.3, 0.4) is 0 Å². The number of ether oxygens (including phenoxy) is 1. The van der Waals surface area contributed by atoms with Gasteiger partial charge in [0.25, 0.3) is 5.91 Å². The number of amides is 1. The second kappa shape index (κ2) is 8.31. The van der Waals surface area contributed by atoms with Crippen molar-refractivity contribution in [3.05, 3.63) is 53.7 Å². The first-order valence-electron chi connectivity index (χ1n) is 8.01. The maximum atomic E-state index is 13.4. The summed E-state index contributed by atoms with van der Waals surface area (Å²) in [5.74, 6) is -0.514. The normalized spacial score (nSPS) is 11.8. The van der Waals surface area contributed by atoms with Crippen LogP contribution in [0.25, 0.3) is 10.9 Å². The van der Waals surface area contributed by atoms with Gasteiger partial charge in [-0.2, -0.15) is 18.2 Å². The molecule has 7 nitrogen and oxygen atoms in total. The Balaban J connectivity index is 0.00000300. The van der Waals surface area contributed by atoms with Gasteiger partial charge >= 0.3 is 6.18 Å². The number of hydrogen-bond acceptors (Lipinski definition) is 3. The number of nitrogen functional groups attached to an aromatic ring is 1. The van der Waals surface area contributed by atoms with Gasteiger partial charge in [-0.15, -0.1) is 12.4 Å². The molecule has 0 bridgehead atoms. The third kappa shape index (κ3) is 4.72. The molecule has 0 atom stereocenters. The number of nitrogens with two attached hydrogens (primary N) is 2. The average Bonchev–Trinajstić information content (AvgIpc) is 3.08. The second-order valence-electron chi connectivity index (χ2n) is 5.80. The first-order chi connectivity index (χ1) is 13.2. The average molecular weight is 428 g/mol. The monoisotopic (exact) mass is 427 g/mol. The number of aliphatic imine (C=N–C) groups is 1. The highest BCUT2D eigenvalue weighted by Crippen LogP contribution is 2.39. The number of nitrogens with one attached hydrogen (secondary N) is 2. The van der Waals surface area contributed by atoms with Gasteiger partial charge in [-0.1, -0.05) is 0 Å². The standard InChI is InChI=1S/C18H16F3N5O2.ClH/c1-24-17(23)26-16(27)13-8-11-12(18(19,20)21)6-7-14(15(11)25-13)28-10-4-2-9(22)3-5-10;/h2-8,25H,22H2,1H3,(H3,23,24,26,27);1H. The summed E-state index contributed by atoms with van der Waals surface area (Å²) in [6.07, 6.45) is -4.62. The number of guanidine groups is 1. The predicted octanol–water partition coefficient (Wildman–Crippen LogP) is 3.66. The fraction of sp³-hybridized carbons (Fsp3) is 0.111. The molecule has 0 saturated carbocycles. The lowest BCUT2D eigenvalue weighted by Crippen LogP contribution is -2.28. The van der Waals surface area contributed by atoms with E-state index in [1.807, 2.05) is 0 Å². The van der Waals surface area contributed by atoms with Crippen molar-refractivity contribution in [2.24, 2.45) is 10.7 Å². The molecule has 1 heterocycles. The molecule has 29 heavy (non-hydrogen) atoms. The Hall–Kier alpha value is -3.40. The number of rotatable bonds is 3. The summed E-state index contributed by atoms with van der Waals surface area (Å²) < 4.78 is 45.8. The zero-order chi connectivity index (χ0) is 20.5. The molecule has 11 heteroatoms. The number of H-pyrrole nitrogens is 1. The first-order valence-corrected chi connectivity index (χ1v) is 8.01. The predicted molar refractivity (Wildman–Crippen MR) is 106 cm³/mol. The number of aromatic nitrogens is 1. The van der Waals surface area contributed by atoms with Gasteiger partial charge in [0.15, 0.2) is 11.7 Å². The van der Waals surface area contributed by atoms with Gasteiger partial charge in [0, 0.05) is 18.1 Å². The number of carbonyl (C=O) groups is 1. The van der Waals surface area contributed by atoms with Crippen LogP contribution in [0.15, 0.2) is 47.5 Å². The van der Waals surface area contributed by atoms with Gasteiger partial charge in [0.2, 0.25) is 0 Å². The fourth-order valence-corrected chi connectivity index (χ4v) is 2.53. The number of nitrogens with zero attached hydrogens (tertiary/aromatic N) is 1. The van der Waals surface area contributed by atoms with E-state index in [9.17, 15) is 18.0 Å². The van der Waals surface area contributed by atoms with E-state index in [1.54, 1.807) is 24.3 Å². The highest BCUT2D eigenvalue weighted by atomic mass is 35.5. The summed E-state index contributed by atoms with van der Waals surface area (Å²) >= 11 is 0. The van der Waals surface area contributed by atoms with E-state index < -0.39 is 17.6 Å². The number of hydrogen-bond donors (Lipinski definition) is 4. The molecule has 0 aliphatic rings. The smallest absolute Gasteiger partial charge is 0.417 e. The third-order valence-corrected chi connectivity index (χ3v) is 3.88. The molecule has 0 fully saturated rings. The lowest BCUT2D eigenvalue weighted by molar-refractivity contribution is -0.136. The number of anilines is 1. The molecular formula is C18H17ClF3N5O2. The van der Waals surface area contributed by atoms with Crippen molar-refractivity contribution >= 4 is 40.9 Å². The van der Waals surface area contributed by atoms with Crippen LogP contribution in [0.4, 0.5) is 18.9 Å². The van der Waals surface area contributed by atoms with Gasteiger partial charge in [-0.05, 0) is 42.5 Å². The van der Waals surface area contributed by atoms with Crippen LogP contribution in [0.1, 0.15) is 16.1 Å². The first kappa shape index (κ1) is 21.9. The Morgan fingerprint density at radius 3 is 2.41 bits per heavy atom. The molecule has 1 aromatic heterocycles. The highest BCUT2D eigenvalue weighted by Gasteiger charge is 2.34. The summed E-state index contributed by atoms with van der Waals surface area (Å²) in [5, 5.41) is 2.24. The van der Waals surface area contributed by atoms with Gasteiger partial charge in [0.05, 0.1) is 11.1 Å². The molecule has 0 radical (unpaired) electrons. The molecule has 0 aliphatic carbocycles. The topological polar surface area (TPSA) is 119 Å². The van der Waals surface area contributed by atoms with Crippen molar-refractivity contribution < 1.29 is 22.7 Å². The number of benzene rings is 2. The lowest BCUT2D eigenvalue weighted by atomic mass is 10.1. The summed E-state index contributed by atoms with van der Waals surface area (Å²) in [4.78, 5) is 18.4. The Morgan fingerprint density at radius 1 is 1.17 bits per heavy atom. The molecule has 1 amide bonds. The van der Waals surface area contributed by atoms with Gasteiger partial charge in [0.1, 0.15) is 11.4 Å². The zero-order valence-electron chi connectivity index (χ0n) is 15.0. The molecule has 154 valence electrons. The molecule has 0 aliphatic heterocycles. The SMILES string of the molecule is CNC(N)=NC(=O)c1cc2c(C(F)(F)F)ccc(Oc3ccc(N)cc3)c2[nH]1.Cl. The molecule has 3 rings (SSSR count). The van der Waals surface area contributed by atoms with E-state index >= 15 is 0 Å². The van der Waals surface area contributed by atoms with Crippen molar-refractivity contribution in [3.8, 4) is 11.5 Å². The number of alkyl halides is 3. The van der Waals surface area contributed by atoms with Crippen molar-refractivity contribution in [2.75, 3.05) is 12.8 Å². The van der Waals surface area contributed by atoms with Crippen LogP contribution in [0.5, 0.6) is 11.5 Å². The zero-order valence-corrected chi connectivity index (χ0v) is 15.8. The minimum absolute atomic E-state index is 0. The fourth-order valence-electron chi connectivity index (χ4n) is 2.53. The minimum Gasteiger partial charge on any atom is -0.455 e. The van der Waals surface area contributed by atoms with E-state index in [4.69, 9.17) is 16.2 Å². The van der Waals surface area contributed by atoms with E-state index in [-0.39, 0.29) is 40.7 Å². The van der Waals surface area contributed by atoms with E-state index in [2.05, 4.69) is 15.3 Å². The molecule has 0 spiro atoms. The summed E-state index contributed by atoms with van der Waals surface area (Å²) in [7, 11) is 1.46. The molecule has 0 saturated heterocycles. The summed E-state index contributed by atoms with van der Waals surface area (Å²) in [6, 6.07) is 9.48. The number of halogens is 4. The molecule has 0 unspecified atom stereocenters.